The summed E-state index contributed by atoms with van der Waals surface area (Å²) in [6.07, 6.45) is 1.18. The van der Waals surface area contributed by atoms with Crippen molar-refractivity contribution in [1.82, 2.24) is 5.32 Å². The standard InChI is InChI=1S/C20H23N3O4/c1-14-4-6-15(7-5-14)19(24)13-21-20(25)16-8-9-17(18(12-16)23(26)27)22-10-2-3-11-22/h4-9,12,19,24H,2-3,10-11,13H2,1H3,(H,21,25)/t19-/m0/s1. The average Bonchev–Trinajstić information content (AvgIpc) is 3.20. The predicted molar refractivity (Wildman–Crippen MR) is 103 cm³/mol. The zero-order valence-corrected chi connectivity index (χ0v) is 15.2. The molecule has 0 unspecified atom stereocenters. The Bertz CT molecular complexity index is 830. The molecule has 2 N–H and O–H groups in total. The maximum Gasteiger partial charge on any atom is 0.293 e. The molecule has 0 spiro atoms. The molecule has 0 aromatic heterocycles. The lowest BCUT2D eigenvalue weighted by atomic mass is 10.1. The minimum atomic E-state index is -0.839. The van der Waals surface area contributed by atoms with Crippen LogP contribution in [0.2, 0.25) is 0 Å². The normalized spacial score (nSPS) is 14.8. The highest BCUT2D eigenvalue weighted by Crippen LogP contribution is 2.31. The van der Waals surface area contributed by atoms with Crippen molar-refractivity contribution >= 4 is 17.3 Å². The number of nitrogens with zero attached hydrogens (tertiary/aromatic N) is 2. The van der Waals surface area contributed by atoms with Crippen LogP contribution in [-0.2, 0) is 0 Å². The summed E-state index contributed by atoms with van der Waals surface area (Å²) in [5.74, 6) is -0.447. The smallest absolute Gasteiger partial charge is 0.293 e. The van der Waals surface area contributed by atoms with Gasteiger partial charge in [0.05, 0.1) is 11.0 Å². The van der Waals surface area contributed by atoms with E-state index in [-0.39, 0.29) is 17.8 Å². The highest BCUT2D eigenvalue weighted by molar-refractivity contribution is 5.95. The van der Waals surface area contributed by atoms with Crippen molar-refractivity contribution in [3.05, 3.63) is 69.3 Å². The van der Waals surface area contributed by atoms with Crippen molar-refractivity contribution in [3.8, 4) is 0 Å². The molecule has 1 fully saturated rings. The maximum atomic E-state index is 12.4. The lowest BCUT2D eigenvalue weighted by Crippen LogP contribution is -2.28. The molecule has 1 aliphatic heterocycles. The van der Waals surface area contributed by atoms with E-state index in [0.29, 0.717) is 11.3 Å². The van der Waals surface area contributed by atoms with Crippen molar-refractivity contribution in [1.29, 1.82) is 0 Å². The highest BCUT2D eigenvalue weighted by atomic mass is 16.6. The number of hydrogen-bond donors (Lipinski definition) is 2. The van der Waals surface area contributed by atoms with Gasteiger partial charge in [0.25, 0.3) is 11.6 Å². The van der Waals surface area contributed by atoms with E-state index in [1.54, 1.807) is 12.1 Å². The van der Waals surface area contributed by atoms with Crippen LogP contribution in [0, 0.1) is 17.0 Å². The van der Waals surface area contributed by atoms with E-state index in [4.69, 9.17) is 0 Å². The molecule has 3 rings (SSSR count). The van der Waals surface area contributed by atoms with Gasteiger partial charge in [0.1, 0.15) is 5.69 Å². The predicted octanol–water partition coefficient (Wildman–Crippen LogP) is 2.97. The summed E-state index contributed by atoms with van der Waals surface area (Å²) in [5, 5.41) is 24.3. The topological polar surface area (TPSA) is 95.7 Å². The number of hydrogen-bond acceptors (Lipinski definition) is 5. The molecule has 0 radical (unpaired) electrons. The fourth-order valence-electron chi connectivity index (χ4n) is 3.23. The first-order valence-electron chi connectivity index (χ1n) is 9.02. The van der Waals surface area contributed by atoms with E-state index in [1.165, 1.54) is 6.07 Å². The number of carbonyl (C=O) groups is 1. The molecule has 1 aliphatic rings. The van der Waals surface area contributed by atoms with Gasteiger partial charge in [-0.15, -0.1) is 0 Å². The Labute approximate surface area is 157 Å². The van der Waals surface area contributed by atoms with Crippen LogP contribution in [0.25, 0.3) is 0 Å². The second-order valence-electron chi connectivity index (χ2n) is 6.79. The SMILES string of the molecule is Cc1ccc([C@@H](O)CNC(=O)c2ccc(N3CCCC3)c([N+](=O)[O-])c2)cc1. The van der Waals surface area contributed by atoms with Crippen LogP contribution in [-0.4, -0.2) is 35.6 Å². The average molecular weight is 369 g/mol. The number of carbonyl (C=O) groups excluding carboxylic acids is 1. The Morgan fingerprint density at radius 2 is 1.89 bits per heavy atom. The number of aliphatic hydroxyl groups excluding tert-OH is 1. The molecule has 1 atom stereocenters. The van der Waals surface area contributed by atoms with Gasteiger partial charge in [-0.2, -0.15) is 0 Å². The molecule has 0 aliphatic carbocycles. The van der Waals surface area contributed by atoms with Gasteiger partial charge in [0, 0.05) is 31.3 Å². The Kier molecular flexibility index (Phi) is 5.71. The summed E-state index contributed by atoms with van der Waals surface area (Å²) in [5.41, 5.74) is 2.48. The fraction of sp³-hybridized carbons (Fsp3) is 0.350. The molecule has 142 valence electrons. The van der Waals surface area contributed by atoms with Crippen LogP contribution in [0.15, 0.2) is 42.5 Å². The van der Waals surface area contributed by atoms with Gasteiger partial charge in [0.2, 0.25) is 0 Å². The first kappa shape index (κ1) is 18.8. The van der Waals surface area contributed by atoms with Gasteiger partial charge in [-0.1, -0.05) is 29.8 Å². The molecule has 2 aromatic carbocycles. The molecule has 1 amide bonds. The largest absolute Gasteiger partial charge is 0.387 e. The fourth-order valence-corrected chi connectivity index (χ4v) is 3.23. The molecular formula is C20H23N3O4. The summed E-state index contributed by atoms with van der Waals surface area (Å²) in [6, 6.07) is 11.9. The van der Waals surface area contributed by atoms with Crippen LogP contribution in [0.3, 0.4) is 0 Å². The number of nitro benzene ring substituents is 1. The molecule has 2 aromatic rings. The van der Waals surface area contributed by atoms with Gasteiger partial charge >= 0.3 is 0 Å². The second-order valence-corrected chi connectivity index (χ2v) is 6.79. The summed E-state index contributed by atoms with van der Waals surface area (Å²) < 4.78 is 0. The third-order valence-corrected chi connectivity index (χ3v) is 4.80. The quantitative estimate of drug-likeness (QED) is 0.603. The number of anilines is 1. The van der Waals surface area contributed by atoms with Crippen molar-refractivity contribution in [2.45, 2.75) is 25.9 Å². The van der Waals surface area contributed by atoms with E-state index in [2.05, 4.69) is 5.32 Å². The molecule has 0 saturated carbocycles. The van der Waals surface area contributed by atoms with Crippen molar-refractivity contribution in [2.75, 3.05) is 24.5 Å². The van der Waals surface area contributed by atoms with Gasteiger partial charge in [-0.25, -0.2) is 0 Å². The van der Waals surface area contributed by atoms with Crippen LogP contribution < -0.4 is 10.2 Å². The lowest BCUT2D eigenvalue weighted by molar-refractivity contribution is -0.384. The summed E-state index contributed by atoms with van der Waals surface area (Å²) in [4.78, 5) is 25.3. The van der Waals surface area contributed by atoms with Gasteiger partial charge < -0.3 is 15.3 Å². The third kappa shape index (κ3) is 4.43. The molecular weight excluding hydrogens is 346 g/mol. The highest BCUT2D eigenvalue weighted by Gasteiger charge is 2.24. The summed E-state index contributed by atoms with van der Waals surface area (Å²) in [6.45, 7) is 3.56. The van der Waals surface area contributed by atoms with Crippen LogP contribution in [0.5, 0.6) is 0 Å². The van der Waals surface area contributed by atoms with Gasteiger partial charge in [0.15, 0.2) is 0 Å². The Morgan fingerprint density at radius 3 is 2.52 bits per heavy atom. The Balaban J connectivity index is 1.69. The number of nitrogens with one attached hydrogen (secondary N) is 1. The van der Waals surface area contributed by atoms with Crippen LogP contribution >= 0.6 is 0 Å². The lowest BCUT2D eigenvalue weighted by Gasteiger charge is -2.18. The van der Waals surface area contributed by atoms with E-state index >= 15 is 0 Å². The number of aryl methyl sites for hydroxylation is 1. The molecule has 27 heavy (non-hydrogen) atoms. The van der Waals surface area contributed by atoms with Gasteiger partial charge in [-0.05, 0) is 37.5 Å². The number of amides is 1. The zero-order valence-electron chi connectivity index (χ0n) is 15.2. The van der Waals surface area contributed by atoms with Crippen LogP contribution in [0.4, 0.5) is 11.4 Å². The minimum absolute atomic E-state index is 0.0313. The van der Waals surface area contributed by atoms with Crippen molar-refractivity contribution < 1.29 is 14.8 Å². The number of rotatable bonds is 6. The summed E-state index contributed by atoms with van der Waals surface area (Å²) >= 11 is 0. The monoisotopic (exact) mass is 369 g/mol. The number of aliphatic hydroxyl groups is 1. The zero-order chi connectivity index (χ0) is 19.4. The van der Waals surface area contributed by atoms with Crippen molar-refractivity contribution in [2.24, 2.45) is 0 Å². The number of nitro groups is 1. The van der Waals surface area contributed by atoms with E-state index in [1.807, 2.05) is 36.1 Å². The van der Waals surface area contributed by atoms with E-state index in [9.17, 15) is 20.0 Å². The summed E-state index contributed by atoms with van der Waals surface area (Å²) in [7, 11) is 0. The maximum absolute atomic E-state index is 12.4. The molecule has 7 heteroatoms. The van der Waals surface area contributed by atoms with Crippen LogP contribution in [0.1, 0.15) is 40.4 Å². The Morgan fingerprint density at radius 1 is 1.22 bits per heavy atom. The molecule has 0 bridgehead atoms. The second kappa shape index (κ2) is 8.18. The van der Waals surface area contributed by atoms with Gasteiger partial charge in [-0.3, -0.25) is 14.9 Å². The number of benzene rings is 2. The molecule has 1 saturated heterocycles. The molecule has 7 nitrogen and oxygen atoms in total. The molecule has 1 heterocycles. The first-order chi connectivity index (χ1) is 13.0. The third-order valence-electron chi connectivity index (χ3n) is 4.80. The van der Waals surface area contributed by atoms with E-state index < -0.39 is 16.9 Å². The van der Waals surface area contributed by atoms with E-state index in [0.717, 1.165) is 31.5 Å². The minimum Gasteiger partial charge on any atom is -0.387 e. The Hall–Kier alpha value is -2.93. The van der Waals surface area contributed by atoms with Crippen molar-refractivity contribution in [3.63, 3.8) is 0 Å². The first-order valence-corrected chi connectivity index (χ1v) is 9.02.